The normalized spacial score (nSPS) is 10.9. The third kappa shape index (κ3) is 2.63. The number of carbonyl (C=O) groups excluding carboxylic acids is 1. The Bertz CT molecular complexity index is 939. The SMILES string of the molecule is Cc1nc2c(c(C)c1CNC(=O)c1ccccc1)c(=O)[nH]n2C. The van der Waals surface area contributed by atoms with Crippen LogP contribution >= 0.6 is 0 Å². The van der Waals surface area contributed by atoms with E-state index in [-0.39, 0.29) is 11.5 Å². The Kier molecular flexibility index (Phi) is 3.73. The summed E-state index contributed by atoms with van der Waals surface area (Å²) in [5.41, 5.74) is 3.60. The maximum atomic E-state index is 12.2. The van der Waals surface area contributed by atoms with Gasteiger partial charge in [0.2, 0.25) is 0 Å². The van der Waals surface area contributed by atoms with Crippen LogP contribution in [0.4, 0.5) is 0 Å². The highest BCUT2D eigenvalue weighted by Gasteiger charge is 2.15. The summed E-state index contributed by atoms with van der Waals surface area (Å²) in [5, 5.41) is 6.17. The molecule has 0 unspecified atom stereocenters. The van der Waals surface area contributed by atoms with E-state index in [2.05, 4.69) is 15.4 Å². The van der Waals surface area contributed by atoms with E-state index in [0.29, 0.717) is 23.1 Å². The summed E-state index contributed by atoms with van der Waals surface area (Å²) >= 11 is 0. The molecule has 0 saturated carbocycles. The molecule has 0 radical (unpaired) electrons. The van der Waals surface area contributed by atoms with Gasteiger partial charge in [-0.1, -0.05) is 18.2 Å². The zero-order valence-corrected chi connectivity index (χ0v) is 13.3. The molecular weight excluding hydrogens is 292 g/mol. The molecule has 6 heteroatoms. The number of aryl methyl sites for hydroxylation is 3. The summed E-state index contributed by atoms with van der Waals surface area (Å²) in [4.78, 5) is 28.7. The van der Waals surface area contributed by atoms with Crippen molar-refractivity contribution in [2.24, 2.45) is 7.05 Å². The molecule has 3 rings (SSSR count). The Morgan fingerprint density at radius 3 is 2.65 bits per heavy atom. The van der Waals surface area contributed by atoms with Crippen molar-refractivity contribution >= 4 is 16.9 Å². The van der Waals surface area contributed by atoms with Crippen molar-refractivity contribution in [3.05, 3.63) is 63.1 Å². The fraction of sp³-hybridized carbons (Fsp3) is 0.235. The van der Waals surface area contributed by atoms with E-state index in [1.54, 1.807) is 23.9 Å². The highest BCUT2D eigenvalue weighted by Crippen LogP contribution is 2.19. The van der Waals surface area contributed by atoms with Crippen LogP contribution in [0.1, 0.15) is 27.2 Å². The quantitative estimate of drug-likeness (QED) is 0.774. The third-order valence-corrected chi connectivity index (χ3v) is 4.04. The molecule has 0 spiro atoms. The predicted octanol–water partition coefficient (Wildman–Crippen LogP) is 1.81. The molecule has 0 aliphatic carbocycles. The lowest BCUT2D eigenvalue weighted by Crippen LogP contribution is -2.24. The number of carbonyl (C=O) groups is 1. The van der Waals surface area contributed by atoms with Gasteiger partial charge >= 0.3 is 0 Å². The van der Waals surface area contributed by atoms with Crippen molar-refractivity contribution in [1.29, 1.82) is 0 Å². The summed E-state index contributed by atoms with van der Waals surface area (Å²) < 4.78 is 1.62. The minimum atomic E-state index is -0.164. The molecule has 3 aromatic rings. The van der Waals surface area contributed by atoms with Gasteiger partial charge in [-0.2, -0.15) is 0 Å². The third-order valence-electron chi connectivity index (χ3n) is 4.04. The van der Waals surface area contributed by atoms with Gasteiger partial charge in [-0.05, 0) is 37.1 Å². The van der Waals surface area contributed by atoms with Gasteiger partial charge < -0.3 is 5.32 Å². The van der Waals surface area contributed by atoms with Gasteiger partial charge in [-0.25, -0.2) is 4.98 Å². The standard InChI is InChI=1S/C17H18N4O2/c1-10-13(9-18-16(22)12-7-5-4-6-8-12)11(2)19-15-14(10)17(23)20-21(15)3/h4-8H,9H2,1-3H3,(H,18,22)(H,20,23). The van der Waals surface area contributed by atoms with Gasteiger partial charge in [0, 0.05) is 24.8 Å². The van der Waals surface area contributed by atoms with E-state index in [0.717, 1.165) is 16.8 Å². The average molecular weight is 310 g/mol. The summed E-state index contributed by atoms with van der Waals surface area (Å²) in [6.07, 6.45) is 0. The van der Waals surface area contributed by atoms with Crippen molar-refractivity contribution in [1.82, 2.24) is 20.1 Å². The molecule has 2 N–H and O–H groups in total. The van der Waals surface area contributed by atoms with Crippen molar-refractivity contribution < 1.29 is 4.79 Å². The van der Waals surface area contributed by atoms with Crippen LogP contribution in [0.5, 0.6) is 0 Å². The number of fused-ring (bicyclic) bond motifs is 1. The van der Waals surface area contributed by atoms with Gasteiger partial charge in [-0.3, -0.25) is 19.4 Å². The molecule has 118 valence electrons. The van der Waals surface area contributed by atoms with Crippen LogP contribution in [0.2, 0.25) is 0 Å². The minimum Gasteiger partial charge on any atom is -0.348 e. The lowest BCUT2D eigenvalue weighted by atomic mass is 10.0. The molecule has 2 aromatic heterocycles. The number of aromatic amines is 1. The maximum absolute atomic E-state index is 12.2. The Labute approximate surface area is 133 Å². The molecule has 0 fully saturated rings. The fourth-order valence-corrected chi connectivity index (χ4v) is 2.77. The van der Waals surface area contributed by atoms with Crippen LogP contribution in [-0.4, -0.2) is 20.7 Å². The van der Waals surface area contributed by atoms with E-state index < -0.39 is 0 Å². The van der Waals surface area contributed by atoms with E-state index in [4.69, 9.17) is 0 Å². The molecule has 0 bridgehead atoms. The molecule has 23 heavy (non-hydrogen) atoms. The number of nitrogens with zero attached hydrogens (tertiary/aromatic N) is 2. The van der Waals surface area contributed by atoms with E-state index in [1.807, 2.05) is 32.0 Å². The summed E-state index contributed by atoms with van der Waals surface area (Å²) in [7, 11) is 1.76. The maximum Gasteiger partial charge on any atom is 0.273 e. The van der Waals surface area contributed by atoms with Crippen LogP contribution < -0.4 is 10.9 Å². The second-order valence-electron chi connectivity index (χ2n) is 5.55. The number of benzene rings is 1. The van der Waals surface area contributed by atoms with Gasteiger partial charge in [0.25, 0.3) is 11.5 Å². The number of hydrogen-bond donors (Lipinski definition) is 2. The molecule has 2 heterocycles. The number of nitrogens with one attached hydrogen (secondary N) is 2. The number of rotatable bonds is 3. The number of H-pyrrole nitrogens is 1. The lowest BCUT2D eigenvalue weighted by molar-refractivity contribution is 0.0951. The number of pyridine rings is 1. The van der Waals surface area contributed by atoms with Gasteiger partial charge in [0.05, 0.1) is 5.39 Å². The van der Waals surface area contributed by atoms with E-state index >= 15 is 0 Å². The Morgan fingerprint density at radius 2 is 1.96 bits per heavy atom. The zero-order valence-electron chi connectivity index (χ0n) is 13.3. The zero-order chi connectivity index (χ0) is 16.6. The first kappa shape index (κ1) is 15.0. The van der Waals surface area contributed by atoms with E-state index in [1.165, 1.54) is 0 Å². The molecular formula is C17H18N4O2. The monoisotopic (exact) mass is 310 g/mol. The van der Waals surface area contributed by atoms with Crippen molar-refractivity contribution in [2.45, 2.75) is 20.4 Å². The molecule has 1 amide bonds. The van der Waals surface area contributed by atoms with Gasteiger partial charge in [0.15, 0.2) is 5.65 Å². The molecule has 0 aliphatic heterocycles. The first-order valence-corrected chi connectivity index (χ1v) is 7.37. The van der Waals surface area contributed by atoms with Crippen molar-refractivity contribution in [3.63, 3.8) is 0 Å². The molecule has 0 aliphatic rings. The van der Waals surface area contributed by atoms with Crippen LogP contribution in [0, 0.1) is 13.8 Å². The topological polar surface area (TPSA) is 79.8 Å². The minimum absolute atomic E-state index is 0.147. The first-order chi connectivity index (χ1) is 11.0. The highest BCUT2D eigenvalue weighted by atomic mass is 16.1. The first-order valence-electron chi connectivity index (χ1n) is 7.37. The van der Waals surface area contributed by atoms with Crippen LogP contribution in [-0.2, 0) is 13.6 Å². The number of amides is 1. The Balaban J connectivity index is 1.93. The molecule has 0 atom stereocenters. The van der Waals surface area contributed by atoms with E-state index in [9.17, 15) is 9.59 Å². The number of aromatic nitrogens is 3. The fourth-order valence-electron chi connectivity index (χ4n) is 2.77. The Morgan fingerprint density at radius 1 is 1.26 bits per heavy atom. The second-order valence-corrected chi connectivity index (χ2v) is 5.55. The second kappa shape index (κ2) is 5.72. The van der Waals surface area contributed by atoms with Crippen molar-refractivity contribution in [3.8, 4) is 0 Å². The van der Waals surface area contributed by atoms with Crippen molar-refractivity contribution in [2.75, 3.05) is 0 Å². The summed E-state index contributed by atoms with van der Waals surface area (Å²) in [5.74, 6) is -0.147. The Hall–Kier alpha value is -2.89. The van der Waals surface area contributed by atoms with Crippen LogP contribution in [0.3, 0.4) is 0 Å². The van der Waals surface area contributed by atoms with Crippen LogP contribution in [0.25, 0.3) is 11.0 Å². The summed E-state index contributed by atoms with van der Waals surface area (Å²) in [6.45, 7) is 4.10. The average Bonchev–Trinajstić information content (AvgIpc) is 2.82. The van der Waals surface area contributed by atoms with Gasteiger partial charge in [-0.15, -0.1) is 0 Å². The van der Waals surface area contributed by atoms with Crippen LogP contribution in [0.15, 0.2) is 35.1 Å². The largest absolute Gasteiger partial charge is 0.348 e. The lowest BCUT2D eigenvalue weighted by Gasteiger charge is -2.11. The molecule has 0 saturated heterocycles. The molecule has 1 aromatic carbocycles. The predicted molar refractivity (Wildman–Crippen MR) is 88.4 cm³/mol. The smallest absolute Gasteiger partial charge is 0.273 e. The highest BCUT2D eigenvalue weighted by molar-refractivity contribution is 5.94. The van der Waals surface area contributed by atoms with Gasteiger partial charge in [0.1, 0.15) is 0 Å². The molecule has 6 nitrogen and oxygen atoms in total. The summed E-state index contributed by atoms with van der Waals surface area (Å²) in [6, 6.07) is 9.03. The number of hydrogen-bond acceptors (Lipinski definition) is 3.